The second-order valence-electron chi connectivity index (χ2n) is 8.41. The van der Waals surface area contributed by atoms with E-state index in [0.29, 0.717) is 35.6 Å². The molecule has 3 rings (SSSR count). The zero-order valence-corrected chi connectivity index (χ0v) is 20.3. The zero-order valence-electron chi connectivity index (χ0n) is 19.5. The highest BCUT2D eigenvalue weighted by Crippen LogP contribution is 2.23. The number of ether oxygens (including phenoxy) is 1. The van der Waals surface area contributed by atoms with Crippen LogP contribution in [-0.2, 0) is 11.1 Å². The molecule has 0 aliphatic heterocycles. The molecule has 0 radical (unpaired) electrons. The van der Waals surface area contributed by atoms with E-state index in [1.807, 2.05) is 39.8 Å². The first-order valence-corrected chi connectivity index (χ1v) is 12.1. The Kier molecular flexibility index (Phi) is 7.38. The van der Waals surface area contributed by atoms with Crippen molar-refractivity contribution in [2.45, 2.75) is 52.6 Å². The van der Waals surface area contributed by atoms with Crippen molar-refractivity contribution in [3.63, 3.8) is 0 Å². The van der Waals surface area contributed by atoms with Crippen molar-refractivity contribution in [1.82, 2.24) is 19.4 Å². The largest absolute Gasteiger partial charge is 0.494 e. The number of aromatic nitrogens is 3. The normalized spacial score (nSPS) is 14.3. The van der Waals surface area contributed by atoms with Crippen LogP contribution in [0.2, 0.25) is 0 Å². The summed E-state index contributed by atoms with van der Waals surface area (Å²) in [7, 11) is 0. The Morgan fingerprint density at radius 2 is 2.03 bits per heavy atom. The lowest BCUT2D eigenvalue weighted by Gasteiger charge is -2.28. The molecule has 0 aliphatic carbocycles. The fraction of sp³-hybridized carbons (Fsp3) is 0.435. The molecule has 9 nitrogen and oxygen atoms in total. The lowest BCUT2D eigenvalue weighted by Crippen LogP contribution is -2.49. The van der Waals surface area contributed by atoms with E-state index in [1.54, 1.807) is 29.7 Å². The SMILES string of the molecule is CCOc1cccc(-n2c(=O)n(C(C)C)c3cc(C(=O)N[C@](C)(CC)CS(=O)O)cnc32)c1. The number of carbonyl (C=O) groups is 1. The van der Waals surface area contributed by atoms with Gasteiger partial charge in [-0.15, -0.1) is 0 Å². The molecule has 2 aromatic heterocycles. The van der Waals surface area contributed by atoms with Gasteiger partial charge in [0.1, 0.15) is 5.75 Å². The van der Waals surface area contributed by atoms with Crippen molar-refractivity contribution in [3.8, 4) is 11.4 Å². The Bertz CT molecular complexity index is 1250. The number of pyridine rings is 1. The first kappa shape index (κ1) is 24.7. The average Bonchev–Trinajstić information content (AvgIpc) is 3.04. The number of nitrogens with zero attached hydrogens (tertiary/aromatic N) is 3. The standard InChI is InChI=1S/C23H30N4O5S/c1-6-23(5,14-33(30)31)25-21(28)16-11-19-20(24-13-16)27(22(29)26(19)15(3)4)17-9-8-10-18(12-17)32-7-2/h8-13,15H,6-7,14H2,1-5H3,(H,25,28)(H,30,31)/t23-/m1/s1. The smallest absolute Gasteiger partial charge is 0.335 e. The van der Waals surface area contributed by atoms with E-state index in [-0.39, 0.29) is 23.0 Å². The Balaban J connectivity index is 2.11. The van der Waals surface area contributed by atoms with E-state index in [0.717, 1.165) is 0 Å². The molecule has 0 saturated heterocycles. The highest BCUT2D eigenvalue weighted by molar-refractivity contribution is 7.79. The number of amides is 1. The van der Waals surface area contributed by atoms with Gasteiger partial charge in [0, 0.05) is 18.3 Å². The van der Waals surface area contributed by atoms with Gasteiger partial charge >= 0.3 is 5.69 Å². The molecule has 2 atom stereocenters. The predicted octanol–water partition coefficient (Wildman–Crippen LogP) is 3.29. The molecule has 3 aromatic rings. The third-order valence-electron chi connectivity index (χ3n) is 5.52. The Morgan fingerprint density at radius 1 is 1.30 bits per heavy atom. The number of nitrogens with one attached hydrogen (secondary N) is 1. The summed E-state index contributed by atoms with van der Waals surface area (Å²) in [5.74, 6) is 0.130. The van der Waals surface area contributed by atoms with Crippen molar-refractivity contribution in [2.75, 3.05) is 12.4 Å². The van der Waals surface area contributed by atoms with Gasteiger partial charge < -0.3 is 14.6 Å². The molecule has 0 saturated carbocycles. The number of rotatable bonds is 9. The second-order valence-corrected chi connectivity index (χ2v) is 9.34. The van der Waals surface area contributed by atoms with Crippen LogP contribution in [-0.4, -0.2) is 46.7 Å². The summed E-state index contributed by atoms with van der Waals surface area (Å²) in [6.07, 6.45) is 1.89. The van der Waals surface area contributed by atoms with Crippen LogP contribution in [0.3, 0.4) is 0 Å². The van der Waals surface area contributed by atoms with Gasteiger partial charge in [-0.05, 0) is 52.3 Å². The summed E-state index contributed by atoms with van der Waals surface area (Å²) in [6, 6.07) is 8.67. The maximum Gasteiger partial charge on any atom is 0.335 e. The quantitative estimate of drug-likeness (QED) is 0.460. The second kappa shape index (κ2) is 9.88. The number of carbonyl (C=O) groups excluding carboxylic acids is 1. The highest BCUT2D eigenvalue weighted by Gasteiger charge is 2.28. The molecule has 10 heteroatoms. The maximum absolute atomic E-state index is 13.4. The number of hydrogen-bond acceptors (Lipinski definition) is 5. The van der Waals surface area contributed by atoms with Crippen LogP contribution >= 0.6 is 0 Å². The van der Waals surface area contributed by atoms with Crippen LogP contribution in [0.5, 0.6) is 5.75 Å². The van der Waals surface area contributed by atoms with Gasteiger partial charge in [-0.25, -0.2) is 18.6 Å². The third kappa shape index (κ3) is 5.17. The number of imidazole rings is 1. The summed E-state index contributed by atoms with van der Waals surface area (Å²) in [5, 5.41) is 2.84. The summed E-state index contributed by atoms with van der Waals surface area (Å²) in [4.78, 5) is 30.8. The summed E-state index contributed by atoms with van der Waals surface area (Å²) in [5.41, 5.74) is 0.703. The van der Waals surface area contributed by atoms with E-state index in [1.165, 1.54) is 10.8 Å². The van der Waals surface area contributed by atoms with Crippen LogP contribution in [0.1, 0.15) is 57.4 Å². The van der Waals surface area contributed by atoms with Crippen molar-refractivity contribution in [1.29, 1.82) is 0 Å². The van der Waals surface area contributed by atoms with Crippen LogP contribution in [0.4, 0.5) is 0 Å². The minimum atomic E-state index is -2.05. The monoisotopic (exact) mass is 474 g/mol. The van der Waals surface area contributed by atoms with E-state index >= 15 is 0 Å². The molecular formula is C23H30N4O5S. The van der Waals surface area contributed by atoms with Crippen LogP contribution in [0.25, 0.3) is 16.9 Å². The Hall–Kier alpha value is -2.98. The maximum atomic E-state index is 13.4. The summed E-state index contributed by atoms with van der Waals surface area (Å²) in [6.45, 7) is 9.72. The molecular weight excluding hydrogens is 444 g/mol. The highest BCUT2D eigenvalue weighted by atomic mass is 32.2. The van der Waals surface area contributed by atoms with Crippen LogP contribution in [0.15, 0.2) is 41.3 Å². The molecule has 0 bridgehead atoms. The molecule has 0 spiro atoms. The first-order valence-electron chi connectivity index (χ1n) is 10.9. The van der Waals surface area contributed by atoms with Crippen molar-refractivity contribution < 1.29 is 18.3 Å². The molecule has 1 amide bonds. The molecule has 33 heavy (non-hydrogen) atoms. The lowest BCUT2D eigenvalue weighted by atomic mass is 10.0. The molecule has 2 N–H and O–H groups in total. The molecule has 178 valence electrons. The van der Waals surface area contributed by atoms with Crippen LogP contribution < -0.4 is 15.7 Å². The van der Waals surface area contributed by atoms with Gasteiger partial charge in [0.05, 0.1) is 34.7 Å². The fourth-order valence-electron chi connectivity index (χ4n) is 3.68. The van der Waals surface area contributed by atoms with E-state index < -0.39 is 22.5 Å². The molecule has 0 aliphatic rings. The van der Waals surface area contributed by atoms with Gasteiger partial charge in [0.2, 0.25) is 0 Å². The topological polar surface area (TPSA) is 115 Å². The lowest BCUT2D eigenvalue weighted by molar-refractivity contribution is 0.0912. The molecule has 1 unspecified atom stereocenters. The number of fused-ring (bicyclic) bond motifs is 1. The van der Waals surface area contributed by atoms with Crippen molar-refractivity contribution in [2.24, 2.45) is 0 Å². The van der Waals surface area contributed by atoms with E-state index in [4.69, 9.17) is 4.74 Å². The first-order chi connectivity index (χ1) is 15.6. The van der Waals surface area contributed by atoms with Gasteiger partial charge in [-0.2, -0.15) is 0 Å². The van der Waals surface area contributed by atoms with Gasteiger partial charge in [0.25, 0.3) is 5.91 Å². The molecule has 1 aromatic carbocycles. The minimum absolute atomic E-state index is 0.0891. The van der Waals surface area contributed by atoms with Crippen LogP contribution in [0, 0.1) is 0 Å². The Morgan fingerprint density at radius 3 is 2.64 bits per heavy atom. The zero-order chi connectivity index (χ0) is 24.3. The van der Waals surface area contributed by atoms with Crippen molar-refractivity contribution >= 4 is 28.2 Å². The fourth-order valence-corrected chi connectivity index (χ4v) is 4.50. The number of hydrogen-bond donors (Lipinski definition) is 2. The van der Waals surface area contributed by atoms with E-state index in [9.17, 15) is 18.4 Å². The van der Waals surface area contributed by atoms with Crippen molar-refractivity contribution in [3.05, 3.63) is 52.6 Å². The van der Waals surface area contributed by atoms with Gasteiger partial charge in [0.15, 0.2) is 16.7 Å². The average molecular weight is 475 g/mol. The Labute approximate surface area is 195 Å². The predicted molar refractivity (Wildman–Crippen MR) is 129 cm³/mol. The third-order valence-corrected chi connectivity index (χ3v) is 6.40. The summed E-state index contributed by atoms with van der Waals surface area (Å²) >= 11 is -2.05. The minimum Gasteiger partial charge on any atom is -0.494 e. The van der Waals surface area contributed by atoms with Gasteiger partial charge in [-0.3, -0.25) is 9.36 Å². The molecule has 2 heterocycles. The number of benzene rings is 1. The van der Waals surface area contributed by atoms with E-state index in [2.05, 4.69) is 10.3 Å². The molecule has 0 fully saturated rings. The summed E-state index contributed by atoms with van der Waals surface area (Å²) < 4.78 is 29.3. The van der Waals surface area contributed by atoms with Gasteiger partial charge in [-0.1, -0.05) is 13.0 Å².